The lowest BCUT2D eigenvalue weighted by atomic mass is 10.2. The molecule has 0 radical (unpaired) electrons. The Labute approximate surface area is 114 Å². The minimum atomic E-state index is -0.0586. The van der Waals surface area contributed by atoms with Gasteiger partial charge in [-0.2, -0.15) is 0 Å². The fraction of sp³-hybridized carbons (Fsp3) is 0.231. The largest absolute Gasteiger partial charge is 0.352 e. The van der Waals surface area contributed by atoms with Crippen LogP contribution in [0.4, 0.5) is 0 Å². The van der Waals surface area contributed by atoms with Crippen molar-refractivity contribution in [2.24, 2.45) is 7.05 Å². The highest BCUT2D eigenvalue weighted by atomic mass is 79.9. The van der Waals surface area contributed by atoms with Gasteiger partial charge in [-0.15, -0.1) is 0 Å². The molecule has 18 heavy (non-hydrogen) atoms. The van der Waals surface area contributed by atoms with Crippen LogP contribution >= 0.6 is 15.9 Å². The van der Waals surface area contributed by atoms with Crippen LogP contribution in [-0.2, 0) is 13.5 Å². The maximum atomic E-state index is 11.8. The number of nitrogens with zero attached hydrogens (tertiary/aromatic N) is 2. The molecule has 0 aliphatic carbocycles. The molecule has 0 saturated carbocycles. The summed E-state index contributed by atoms with van der Waals surface area (Å²) in [6, 6.07) is 7.29. The van der Waals surface area contributed by atoms with E-state index in [1.54, 1.807) is 18.3 Å². The fourth-order valence-electron chi connectivity index (χ4n) is 1.63. The summed E-state index contributed by atoms with van der Waals surface area (Å²) in [5, 5.41) is 2.88. The Morgan fingerprint density at radius 3 is 2.72 bits per heavy atom. The van der Waals surface area contributed by atoms with Gasteiger partial charge in [-0.05, 0) is 24.3 Å². The SMILES string of the molecule is Cn1ccnc1CCNC(=O)c1ccc(Br)cc1. The van der Waals surface area contributed by atoms with E-state index in [2.05, 4.69) is 26.2 Å². The van der Waals surface area contributed by atoms with E-state index >= 15 is 0 Å². The number of amides is 1. The number of hydrogen-bond acceptors (Lipinski definition) is 2. The summed E-state index contributed by atoms with van der Waals surface area (Å²) in [4.78, 5) is 16.0. The standard InChI is InChI=1S/C13H14BrN3O/c1-17-9-8-15-12(17)6-7-16-13(18)10-2-4-11(14)5-3-10/h2-5,8-9H,6-7H2,1H3,(H,16,18). The van der Waals surface area contributed by atoms with Gasteiger partial charge in [-0.1, -0.05) is 15.9 Å². The van der Waals surface area contributed by atoms with Gasteiger partial charge in [-0.25, -0.2) is 4.98 Å². The molecule has 0 spiro atoms. The third-order valence-corrected chi connectivity index (χ3v) is 3.19. The third-order valence-electron chi connectivity index (χ3n) is 2.66. The van der Waals surface area contributed by atoms with Gasteiger partial charge in [-0.3, -0.25) is 4.79 Å². The third kappa shape index (κ3) is 3.20. The van der Waals surface area contributed by atoms with Crippen molar-refractivity contribution in [2.75, 3.05) is 6.54 Å². The van der Waals surface area contributed by atoms with Crippen LogP contribution in [0.25, 0.3) is 0 Å². The molecule has 0 aliphatic rings. The van der Waals surface area contributed by atoms with Crippen molar-refractivity contribution in [1.29, 1.82) is 0 Å². The molecule has 1 amide bonds. The number of aromatic nitrogens is 2. The maximum absolute atomic E-state index is 11.8. The number of carbonyl (C=O) groups excluding carboxylic acids is 1. The molecule has 0 aliphatic heterocycles. The van der Waals surface area contributed by atoms with E-state index < -0.39 is 0 Å². The molecule has 2 aromatic rings. The topological polar surface area (TPSA) is 46.9 Å². The minimum absolute atomic E-state index is 0.0586. The number of carbonyl (C=O) groups is 1. The lowest BCUT2D eigenvalue weighted by molar-refractivity contribution is 0.0954. The van der Waals surface area contributed by atoms with Gasteiger partial charge in [0.05, 0.1) is 0 Å². The first-order chi connectivity index (χ1) is 8.66. The van der Waals surface area contributed by atoms with Crippen LogP contribution in [0.3, 0.4) is 0 Å². The van der Waals surface area contributed by atoms with Gasteiger partial charge in [0.15, 0.2) is 0 Å². The summed E-state index contributed by atoms with van der Waals surface area (Å²) in [5.41, 5.74) is 0.665. The number of halogens is 1. The molecular weight excluding hydrogens is 294 g/mol. The van der Waals surface area contributed by atoms with Crippen molar-refractivity contribution in [3.8, 4) is 0 Å². The zero-order chi connectivity index (χ0) is 13.0. The molecular formula is C13H14BrN3O. The number of nitrogens with one attached hydrogen (secondary N) is 1. The first-order valence-corrected chi connectivity index (χ1v) is 6.46. The molecule has 1 aromatic heterocycles. The van der Waals surface area contributed by atoms with Crippen molar-refractivity contribution < 1.29 is 4.79 Å². The van der Waals surface area contributed by atoms with Gasteiger partial charge in [0.1, 0.15) is 5.82 Å². The van der Waals surface area contributed by atoms with Gasteiger partial charge < -0.3 is 9.88 Å². The fourth-order valence-corrected chi connectivity index (χ4v) is 1.89. The maximum Gasteiger partial charge on any atom is 0.251 e. The Balaban J connectivity index is 1.85. The van der Waals surface area contributed by atoms with Crippen molar-refractivity contribution >= 4 is 21.8 Å². The molecule has 0 bridgehead atoms. The molecule has 1 heterocycles. The quantitative estimate of drug-likeness (QED) is 0.941. The number of benzene rings is 1. The second-order valence-electron chi connectivity index (χ2n) is 3.97. The van der Waals surface area contributed by atoms with Gasteiger partial charge >= 0.3 is 0 Å². The highest BCUT2D eigenvalue weighted by Gasteiger charge is 2.05. The lowest BCUT2D eigenvalue weighted by Gasteiger charge is -2.05. The van der Waals surface area contributed by atoms with Gasteiger partial charge in [0.25, 0.3) is 5.91 Å². The molecule has 0 atom stereocenters. The predicted octanol–water partition coefficient (Wildman–Crippen LogP) is 2.16. The molecule has 94 valence electrons. The molecule has 2 rings (SSSR count). The lowest BCUT2D eigenvalue weighted by Crippen LogP contribution is -2.26. The molecule has 0 fully saturated rings. The minimum Gasteiger partial charge on any atom is -0.352 e. The molecule has 0 unspecified atom stereocenters. The van der Waals surface area contributed by atoms with E-state index in [0.717, 1.165) is 16.7 Å². The number of imidazole rings is 1. The summed E-state index contributed by atoms with van der Waals surface area (Å²) < 4.78 is 2.92. The smallest absolute Gasteiger partial charge is 0.251 e. The molecule has 1 aromatic carbocycles. The Hall–Kier alpha value is -1.62. The summed E-state index contributed by atoms with van der Waals surface area (Å²) in [5.74, 6) is 0.905. The van der Waals surface area contributed by atoms with Crippen molar-refractivity contribution in [1.82, 2.24) is 14.9 Å². The summed E-state index contributed by atoms with van der Waals surface area (Å²) in [7, 11) is 1.94. The average molecular weight is 308 g/mol. The Morgan fingerprint density at radius 1 is 1.39 bits per heavy atom. The van der Waals surface area contributed by atoms with E-state index in [4.69, 9.17) is 0 Å². The van der Waals surface area contributed by atoms with E-state index in [9.17, 15) is 4.79 Å². The number of rotatable bonds is 4. The highest BCUT2D eigenvalue weighted by Crippen LogP contribution is 2.10. The summed E-state index contributed by atoms with van der Waals surface area (Å²) in [6.45, 7) is 0.583. The van der Waals surface area contributed by atoms with Crippen LogP contribution in [0.5, 0.6) is 0 Å². The Morgan fingerprint density at radius 2 is 2.11 bits per heavy atom. The zero-order valence-electron chi connectivity index (χ0n) is 10.1. The van der Waals surface area contributed by atoms with Crippen molar-refractivity contribution in [3.63, 3.8) is 0 Å². The summed E-state index contributed by atoms with van der Waals surface area (Å²) in [6.07, 6.45) is 4.38. The summed E-state index contributed by atoms with van der Waals surface area (Å²) >= 11 is 3.34. The molecule has 5 heteroatoms. The zero-order valence-corrected chi connectivity index (χ0v) is 11.6. The molecule has 1 N–H and O–H groups in total. The normalized spacial score (nSPS) is 10.3. The number of hydrogen-bond donors (Lipinski definition) is 1. The van der Waals surface area contributed by atoms with E-state index in [1.807, 2.05) is 29.9 Å². The average Bonchev–Trinajstić information content (AvgIpc) is 2.76. The first kappa shape index (κ1) is 12.8. The van der Waals surface area contributed by atoms with E-state index in [0.29, 0.717) is 12.1 Å². The van der Waals surface area contributed by atoms with Crippen LogP contribution in [0.2, 0.25) is 0 Å². The van der Waals surface area contributed by atoms with E-state index in [-0.39, 0.29) is 5.91 Å². The second kappa shape index (κ2) is 5.82. The number of aryl methyl sites for hydroxylation is 1. The molecule has 0 saturated heterocycles. The van der Waals surface area contributed by atoms with Crippen LogP contribution in [-0.4, -0.2) is 22.0 Å². The van der Waals surface area contributed by atoms with Crippen LogP contribution in [0.1, 0.15) is 16.2 Å². The van der Waals surface area contributed by atoms with Gasteiger partial charge in [0.2, 0.25) is 0 Å². The Bertz CT molecular complexity index is 533. The van der Waals surface area contributed by atoms with Crippen molar-refractivity contribution in [2.45, 2.75) is 6.42 Å². The van der Waals surface area contributed by atoms with E-state index in [1.165, 1.54) is 0 Å². The first-order valence-electron chi connectivity index (χ1n) is 5.67. The highest BCUT2D eigenvalue weighted by molar-refractivity contribution is 9.10. The Kier molecular flexibility index (Phi) is 4.15. The second-order valence-corrected chi connectivity index (χ2v) is 4.88. The van der Waals surface area contributed by atoms with Gasteiger partial charge in [0, 0.05) is 42.4 Å². The predicted molar refractivity (Wildman–Crippen MR) is 73.4 cm³/mol. The molecule has 4 nitrogen and oxygen atoms in total. The van der Waals surface area contributed by atoms with Crippen LogP contribution < -0.4 is 5.32 Å². The van der Waals surface area contributed by atoms with Crippen LogP contribution in [0, 0.1) is 0 Å². The monoisotopic (exact) mass is 307 g/mol. The van der Waals surface area contributed by atoms with Crippen LogP contribution in [0.15, 0.2) is 41.1 Å². The van der Waals surface area contributed by atoms with Crippen molar-refractivity contribution in [3.05, 3.63) is 52.5 Å².